The van der Waals surface area contributed by atoms with Crippen LogP contribution < -0.4 is 10.1 Å². The maximum atomic E-state index is 11.6. The largest absolute Gasteiger partial charge is 0.484 e. The van der Waals surface area contributed by atoms with Crippen molar-refractivity contribution < 1.29 is 24.5 Å². The molecular weight excluding hydrogens is 274 g/mol. The first-order valence-electron chi connectivity index (χ1n) is 6.60. The third-order valence-electron chi connectivity index (χ3n) is 2.89. The number of aliphatic hydroxyl groups is 1. The van der Waals surface area contributed by atoms with E-state index in [2.05, 4.69) is 5.32 Å². The summed E-state index contributed by atoms with van der Waals surface area (Å²) in [5.74, 6) is -0.922. The SMILES string of the molecule is Cc1ccc(OCC(=O)NCC(C)(O)CC(=O)O)c(C)c1. The zero-order valence-corrected chi connectivity index (χ0v) is 12.5. The van der Waals surface area contributed by atoms with Gasteiger partial charge in [-0.15, -0.1) is 0 Å². The lowest BCUT2D eigenvalue weighted by Crippen LogP contribution is -2.43. The monoisotopic (exact) mass is 295 g/mol. The Hall–Kier alpha value is -2.08. The maximum Gasteiger partial charge on any atom is 0.306 e. The van der Waals surface area contributed by atoms with Crippen molar-refractivity contribution in [3.63, 3.8) is 0 Å². The third kappa shape index (κ3) is 6.27. The summed E-state index contributed by atoms with van der Waals surface area (Å²) in [6.45, 7) is 4.87. The Kier molecular flexibility index (Phi) is 5.72. The van der Waals surface area contributed by atoms with E-state index >= 15 is 0 Å². The summed E-state index contributed by atoms with van der Waals surface area (Å²) in [5, 5.41) is 20.8. The average molecular weight is 295 g/mol. The number of rotatable bonds is 7. The summed E-state index contributed by atoms with van der Waals surface area (Å²) in [5.41, 5.74) is 0.552. The second-order valence-corrected chi connectivity index (χ2v) is 5.40. The van der Waals surface area contributed by atoms with Crippen molar-refractivity contribution in [3.05, 3.63) is 29.3 Å². The van der Waals surface area contributed by atoms with Crippen LogP contribution in [0, 0.1) is 13.8 Å². The molecule has 0 heterocycles. The number of carbonyl (C=O) groups excluding carboxylic acids is 1. The number of aryl methyl sites for hydroxylation is 2. The zero-order chi connectivity index (χ0) is 16.0. The summed E-state index contributed by atoms with van der Waals surface area (Å²) in [6.07, 6.45) is -0.439. The van der Waals surface area contributed by atoms with Gasteiger partial charge in [0, 0.05) is 6.54 Å². The van der Waals surface area contributed by atoms with E-state index in [1.807, 2.05) is 26.0 Å². The van der Waals surface area contributed by atoms with Crippen molar-refractivity contribution in [2.24, 2.45) is 0 Å². The van der Waals surface area contributed by atoms with Gasteiger partial charge >= 0.3 is 5.97 Å². The molecule has 3 N–H and O–H groups in total. The first-order valence-corrected chi connectivity index (χ1v) is 6.60. The van der Waals surface area contributed by atoms with Crippen LogP contribution in [-0.4, -0.2) is 40.8 Å². The normalized spacial score (nSPS) is 13.3. The predicted octanol–water partition coefficient (Wildman–Crippen LogP) is 1.02. The highest BCUT2D eigenvalue weighted by Crippen LogP contribution is 2.18. The minimum atomic E-state index is -1.48. The molecule has 0 aromatic heterocycles. The van der Waals surface area contributed by atoms with Crippen LogP contribution in [0.25, 0.3) is 0 Å². The lowest BCUT2D eigenvalue weighted by Gasteiger charge is -2.21. The number of carbonyl (C=O) groups is 2. The number of benzene rings is 1. The Bertz CT molecular complexity index is 525. The minimum absolute atomic E-state index is 0.144. The summed E-state index contributed by atoms with van der Waals surface area (Å²) in [7, 11) is 0. The fourth-order valence-electron chi connectivity index (χ4n) is 1.83. The summed E-state index contributed by atoms with van der Waals surface area (Å²) < 4.78 is 5.39. The topological polar surface area (TPSA) is 95.9 Å². The first kappa shape index (κ1) is 17.0. The fraction of sp³-hybridized carbons (Fsp3) is 0.467. The lowest BCUT2D eigenvalue weighted by atomic mass is 10.0. The van der Waals surface area contributed by atoms with Crippen LogP contribution in [0.4, 0.5) is 0 Å². The Morgan fingerprint density at radius 1 is 1.33 bits per heavy atom. The van der Waals surface area contributed by atoms with Gasteiger partial charge in [0.25, 0.3) is 5.91 Å². The standard InChI is InChI=1S/C15H21NO5/c1-10-4-5-12(11(2)6-10)21-8-13(17)16-9-15(3,20)7-14(18)19/h4-6,20H,7-9H2,1-3H3,(H,16,17)(H,18,19). The van der Waals surface area contributed by atoms with E-state index in [9.17, 15) is 14.7 Å². The molecule has 0 spiro atoms. The Morgan fingerprint density at radius 3 is 2.57 bits per heavy atom. The molecule has 0 radical (unpaired) electrons. The van der Waals surface area contributed by atoms with E-state index in [1.54, 1.807) is 6.07 Å². The molecule has 0 saturated heterocycles. The molecule has 21 heavy (non-hydrogen) atoms. The number of nitrogens with one attached hydrogen (secondary N) is 1. The molecule has 1 aromatic rings. The number of carboxylic acids is 1. The van der Waals surface area contributed by atoms with Gasteiger partial charge < -0.3 is 20.3 Å². The quantitative estimate of drug-likeness (QED) is 0.698. The molecule has 1 rings (SSSR count). The molecule has 0 bridgehead atoms. The number of amides is 1. The summed E-state index contributed by atoms with van der Waals surface area (Å²) >= 11 is 0. The second kappa shape index (κ2) is 7.08. The van der Waals surface area contributed by atoms with Crippen molar-refractivity contribution in [2.75, 3.05) is 13.2 Å². The van der Waals surface area contributed by atoms with E-state index in [0.717, 1.165) is 11.1 Å². The maximum absolute atomic E-state index is 11.6. The van der Waals surface area contributed by atoms with Crippen LogP contribution in [0.2, 0.25) is 0 Å². The molecule has 0 aliphatic rings. The van der Waals surface area contributed by atoms with Gasteiger partial charge in [-0.1, -0.05) is 17.7 Å². The van der Waals surface area contributed by atoms with E-state index in [4.69, 9.17) is 9.84 Å². The van der Waals surface area contributed by atoms with Crippen LogP contribution in [-0.2, 0) is 9.59 Å². The minimum Gasteiger partial charge on any atom is -0.484 e. The van der Waals surface area contributed by atoms with E-state index in [0.29, 0.717) is 5.75 Å². The summed E-state index contributed by atoms with van der Waals surface area (Å²) in [6, 6.07) is 5.63. The highest BCUT2D eigenvalue weighted by atomic mass is 16.5. The van der Waals surface area contributed by atoms with Gasteiger partial charge in [0.1, 0.15) is 5.75 Å². The number of hydrogen-bond acceptors (Lipinski definition) is 4. The van der Waals surface area contributed by atoms with Gasteiger partial charge in [0.15, 0.2) is 6.61 Å². The molecule has 0 saturated carbocycles. The van der Waals surface area contributed by atoms with Crippen LogP contribution in [0.5, 0.6) is 5.75 Å². The van der Waals surface area contributed by atoms with Crippen molar-refractivity contribution in [2.45, 2.75) is 32.8 Å². The van der Waals surface area contributed by atoms with E-state index in [-0.39, 0.29) is 13.2 Å². The van der Waals surface area contributed by atoms with Gasteiger partial charge in [-0.05, 0) is 32.4 Å². The van der Waals surface area contributed by atoms with Gasteiger partial charge in [-0.3, -0.25) is 9.59 Å². The molecule has 0 fully saturated rings. The van der Waals surface area contributed by atoms with Crippen molar-refractivity contribution >= 4 is 11.9 Å². The highest BCUT2D eigenvalue weighted by molar-refractivity contribution is 5.77. The first-order chi connectivity index (χ1) is 9.69. The van der Waals surface area contributed by atoms with E-state index in [1.165, 1.54) is 6.92 Å². The van der Waals surface area contributed by atoms with Crippen LogP contribution in [0.3, 0.4) is 0 Å². The van der Waals surface area contributed by atoms with Crippen LogP contribution >= 0.6 is 0 Å². The van der Waals surface area contributed by atoms with Crippen molar-refractivity contribution in [3.8, 4) is 5.75 Å². The molecule has 1 aromatic carbocycles. The number of aliphatic carboxylic acids is 1. The van der Waals surface area contributed by atoms with Gasteiger partial charge in [0.05, 0.1) is 12.0 Å². The number of carboxylic acid groups (broad SMARTS) is 1. The Morgan fingerprint density at radius 2 is 2.00 bits per heavy atom. The third-order valence-corrected chi connectivity index (χ3v) is 2.89. The predicted molar refractivity (Wildman–Crippen MR) is 77.3 cm³/mol. The molecule has 1 unspecified atom stereocenters. The molecule has 1 atom stereocenters. The van der Waals surface area contributed by atoms with E-state index < -0.39 is 23.9 Å². The van der Waals surface area contributed by atoms with Gasteiger partial charge in [-0.25, -0.2) is 0 Å². The van der Waals surface area contributed by atoms with Crippen molar-refractivity contribution in [1.29, 1.82) is 0 Å². The molecule has 6 nitrogen and oxygen atoms in total. The number of ether oxygens (including phenoxy) is 1. The average Bonchev–Trinajstić information content (AvgIpc) is 2.34. The molecule has 1 amide bonds. The summed E-state index contributed by atoms with van der Waals surface area (Å²) in [4.78, 5) is 22.2. The lowest BCUT2D eigenvalue weighted by molar-refractivity contribution is -0.142. The van der Waals surface area contributed by atoms with Crippen molar-refractivity contribution in [1.82, 2.24) is 5.32 Å². The Labute approximate surface area is 123 Å². The van der Waals surface area contributed by atoms with Gasteiger partial charge in [-0.2, -0.15) is 0 Å². The molecule has 0 aliphatic carbocycles. The molecular formula is C15H21NO5. The van der Waals surface area contributed by atoms with Gasteiger partial charge in [0.2, 0.25) is 0 Å². The highest BCUT2D eigenvalue weighted by Gasteiger charge is 2.24. The molecule has 0 aliphatic heterocycles. The smallest absolute Gasteiger partial charge is 0.306 e. The molecule has 6 heteroatoms. The second-order valence-electron chi connectivity index (χ2n) is 5.40. The number of hydrogen-bond donors (Lipinski definition) is 3. The fourth-order valence-corrected chi connectivity index (χ4v) is 1.83. The molecule has 116 valence electrons. The zero-order valence-electron chi connectivity index (χ0n) is 12.5. The Balaban J connectivity index is 2.42. The van der Waals surface area contributed by atoms with Crippen LogP contribution in [0.1, 0.15) is 24.5 Å². The van der Waals surface area contributed by atoms with Crippen LogP contribution in [0.15, 0.2) is 18.2 Å².